The summed E-state index contributed by atoms with van der Waals surface area (Å²) in [6.07, 6.45) is 0.928. The molecule has 0 spiro atoms. The van der Waals surface area contributed by atoms with Crippen LogP contribution in [0.1, 0.15) is 23.7 Å². The van der Waals surface area contributed by atoms with Crippen molar-refractivity contribution in [2.75, 3.05) is 5.75 Å². The van der Waals surface area contributed by atoms with Gasteiger partial charge >= 0.3 is 0 Å². The average Bonchev–Trinajstić information content (AvgIpc) is 2.30. The lowest BCUT2D eigenvalue weighted by Gasteiger charge is -2.02. The van der Waals surface area contributed by atoms with E-state index in [0.717, 1.165) is 16.6 Å². The first kappa shape index (κ1) is 13.3. The third-order valence-electron chi connectivity index (χ3n) is 1.83. The van der Waals surface area contributed by atoms with Crippen molar-refractivity contribution in [3.8, 4) is 0 Å². The summed E-state index contributed by atoms with van der Waals surface area (Å²) in [4.78, 5) is 11.9. The lowest BCUT2D eigenvalue weighted by Crippen LogP contribution is -2.11. The largest absolute Gasteiger partial charge is 0.410 e. The number of benzene rings is 1. The number of rotatable bonds is 4. The Balaban J connectivity index is 2.79. The molecule has 0 heterocycles. The second-order valence-electron chi connectivity index (χ2n) is 3.09. The van der Waals surface area contributed by atoms with Gasteiger partial charge in [-0.05, 0) is 36.4 Å². The molecule has 5 heteroatoms. The van der Waals surface area contributed by atoms with Crippen LogP contribution in [-0.2, 0) is 0 Å². The molecule has 0 aliphatic heterocycles. The van der Waals surface area contributed by atoms with Crippen LogP contribution in [0.4, 0.5) is 0 Å². The minimum absolute atomic E-state index is 0.143. The predicted octanol–water partition coefficient (Wildman–Crippen LogP) is 3.56. The van der Waals surface area contributed by atoms with Crippen molar-refractivity contribution in [2.24, 2.45) is 5.16 Å². The Labute approximate surface area is 107 Å². The van der Waals surface area contributed by atoms with Gasteiger partial charge in [0.2, 0.25) is 5.78 Å². The molecular formula is C11H12BrNO2S. The van der Waals surface area contributed by atoms with Crippen molar-refractivity contribution in [3.05, 3.63) is 34.3 Å². The highest BCUT2D eigenvalue weighted by molar-refractivity contribution is 9.10. The maximum atomic E-state index is 11.9. The van der Waals surface area contributed by atoms with Gasteiger partial charge in [0, 0.05) is 10.0 Å². The monoisotopic (exact) mass is 301 g/mol. The van der Waals surface area contributed by atoms with E-state index >= 15 is 0 Å². The van der Waals surface area contributed by atoms with Gasteiger partial charge in [-0.1, -0.05) is 39.8 Å². The number of hydrogen-bond donors (Lipinski definition) is 1. The van der Waals surface area contributed by atoms with Gasteiger partial charge in [-0.2, -0.15) is 0 Å². The van der Waals surface area contributed by atoms with Gasteiger partial charge < -0.3 is 5.21 Å². The molecular weight excluding hydrogens is 290 g/mol. The molecule has 1 aromatic rings. The van der Waals surface area contributed by atoms with Crippen LogP contribution in [0.3, 0.4) is 0 Å². The van der Waals surface area contributed by atoms with E-state index in [2.05, 4.69) is 21.1 Å². The standard InChI is InChI=1S/C11H12BrNO2S/c1-2-7-16-11(13-15)10(14)8-3-5-9(12)6-4-8/h3-6,15H,2,7H2,1H3/b13-11-. The molecule has 3 nitrogen and oxygen atoms in total. The number of carbonyl (C=O) groups excluding carboxylic acids is 1. The molecule has 0 saturated heterocycles. The zero-order chi connectivity index (χ0) is 12.0. The van der Waals surface area contributed by atoms with Gasteiger partial charge in [-0.15, -0.1) is 0 Å². The first-order valence-electron chi connectivity index (χ1n) is 4.84. The normalized spacial score (nSPS) is 11.5. The Kier molecular flexibility index (Phi) is 5.55. The van der Waals surface area contributed by atoms with Crippen LogP contribution < -0.4 is 0 Å². The number of halogens is 1. The van der Waals surface area contributed by atoms with Crippen molar-refractivity contribution in [1.29, 1.82) is 0 Å². The van der Waals surface area contributed by atoms with E-state index in [1.165, 1.54) is 11.8 Å². The Morgan fingerprint density at radius 2 is 2.06 bits per heavy atom. The first-order valence-corrected chi connectivity index (χ1v) is 6.62. The number of Topliss-reactive ketones (excluding diaryl/α,β-unsaturated/α-hetero) is 1. The van der Waals surface area contributed by atoms with Gasteiger partial charge in [-0.3, -0.25) is 4.79 Å². The van der Waals surface area contributed by atoms with E-state index in [1.54, 1.807) is 24.3 Å². The van der Waals surface area contributed by atoms with E-state index in [0.29, 0.717) is 5.56 Å². The van der Waals surface area contributed by atoms with Gasteiger partial charge in [0.05, 0.1) is 0 Å². The highest BCUT2D eigenvalue weighted by Gasteiger charge is 2.14. The third kappa shape index (κ3) is 3.64. The minimum Gasteiger partial charge on any atom is -0.410 e. The summed E-state index contributed by atoms with van der Waals surface area (Å²) in [7, 11) is 0. The average molecular weight is 302 g/mol. The van der Waals surface area contributed by atoms with Gasteiger partial charge in [0.15, 0.2) is 5.04 Å². The molecule has 0 amide bonds. The number of nitrogens with zero attached hydrogens (tertiary/aromatic N) is 1. The molecule has 0 fully saturated rings. The SMILES string of the molecule is CCCS/C(=N\O)C(=O)c1ccc(Br)cc1. The number of carbonyl (C=O) groups is 1. The van der Waals surface area contributed by atoms with Crippen LogP contribution in [0, 0.1) is 0 Å². The Bertz CT molecular complexity index is 389. The van der Waals surface area contributed by atoms with E-state index < -0.39 is 0 Å². The molecule has 0 bridgehead atoms. The van der Waals surface area contributed by atoms with E-state index in [1.807, 2.05) is 6.92 Å². The number of hydrogen-bond acceptors (Lipinski definition) is 4. The zero-order valence-corrected chi connectivity index (χ0v) is 11.2. The molecule has 16 heavy (non-hydrogen) atoms. The molecule has 0 aromatic heterocycles. The predicted molar refractivity (Wildman–Crippen MR) is 70.4 cm³/mol. The molecule has 1 rings (SSSR count). The van der Waals surface area contributed by atoms with E-state index in [9.17, 15) is 4.79 Å². The van der Waals surface area contributed by atoms with E-state index in [-0.39, 0.29) is 10.8 Å². The van der Waals surface area contributed by atoms with Crippen LogP contribution in [-0.4, -0.2) is 21.8 Å². The number of thioether (sulfide) groups is 1. The molecule has 1 N–H and O–H groups in total. The lowest BCUT2D eigenvalue weighted by molar-refractivity contribution is 0.106. The summed E-state index contributed by atoms with van der Waals surface area (Å²) in [5, 5.41) is 12.0. The van der Waals surface area contributed by atoms with Crippen LogP contribution in [0.5, 0.6) is 0 Å². The van der Waals surface area contributed by atoms with Crippen LogP contribution in [0.2, 0.25) is 0 Å². The smallest absolute Gasteiger partial charge is 0.221 e. The fourth-order valence-corrected chi connectivity index (χ4v) is 2.03. The molecule has 0 atom stereocenters. The highest BCUT2D eigenvalue weighted by atomic mass is 79.9. The van der Waals surface area contributed by atoms with Gasteiger partial charge in [0.25, 0.3) is 0 Å². The van der Waals surface area contributed by atoms with Crippen LogP contribution in [0.15, 0.2) is 33.9 Å². The van der Waals surface area contributed by atoms with Crippen molar-refractivity contribution in [1.82, 2.24) is 0 Å². The fraction of sp³-hybridized carbons (Fsp3) is 0.273. The summed E-state index contributed by atoms with van der Waals surface area (Å²) in [5.74, 6) is 0.523. The quantitative estimate of drug-likeness (QED) is 0.304. The molecule has 0 radical (unpaired) electrons. The number of oxime groups is 1. The molecule has 0 aliphatic carbocycles. The highest BCUT2D eigenvalue weighted by Crippen LogP contribution is 2.15. The summed E-state index contributed by atoms with van der Waals surface area (Å²) in [5.41, 5.74) is 0.527. The van der Waals surface area contributed by atoms with Crippen LogP contribution in [0.25, 0.3) is 0 Å². The van der Waals surface area contributed by atoms with Crippen molar-refractivity contribution in [2.45, 2.75) is 13.3 Å². The molecule has 1 aromatic carbocycles. The Morgan fingerprint density at radius 3 is 2.56 bits per heavy atom. The zero-order valence-electron chi connectivity index (χ0n) is 8.81. The van der Waals surface area contributed by atoms with Gasteiger partial charge in [-0.25, -0.2) is 0 Å². The maximum absolute atomic E-state index is 11.9. The summed E-state index contributed by atoms with van der Waals surface area (Å²) < 4.78 is 0.910. The molecule has 0 unspecified atom stereocenters. The molecule has 86 valence electrons. The summed E-state index contributed by atoms with van der Waals surface area (Å²) in [6, 6.07) is 6.97. The maximum Gasteiger partial charge on any atom is 0.221 e. The summed E-state index contributed by atoms with van der Waals surface area (Å²) in [6.45, 7) is 2.01. The Hall–Kier alpha value is -0.810. The van der Waals surface area contributed by atoms with Crippen molar-refractivity contribution in [3.63, 3.8) is 0 Å². The minimum atomic E-state index is -0.242. The fourth-order valence-electron chi connectivity index (χ4n) is 1.06. The van der Waals surface area contributed by atoms with Gasteiger partial charge in [0.1, 0.15) is 0 Å². The summed E-state index contributed by atoms with van der Waals surface area (Å²) >= 11 is 4.56. The molecule has 0 aliphatic rings. The lowest BCUT2D eigenvalue weighted by atomic mass is 10.1. The first-order chi connectivity index (χ1) is 7.69. The second kappa shape index (κ2) is 6.70. The topological polar surface area (TPSA) is 49.7 Å². The molecule has 0 saturated carbocycles. The second-order valence-corrected chi connectivity index (χ2v) is 5.09. The van der Waals surface area contributed by atoms with Crippen molar-refractivity contribution >= 4 is 38.5 Å². The third-order valence-corrected chi connectivity index (χ3v) is 3.52. The van der Waals surface area contributed by atoms with Crippen molar-refractivity contribution < 1.29 is 10.0 Å². The van der Waals surface area contributed by atoms with Crippen LogP contribution >= 0.6 is 27.7 Å². The Morgan fingerprint density at radius 1 is 1.44 bits per heavy atom. The number of ketones is 1. The van der Waals surface area contributed by atoms with E-state index in [4.69, 9.17) is 5.21 Å².